The molecule has 1 unspecified atom stereocenters. The molecule has 2 aliphatic heterocycles. The second-order valence-electron chi connectivity index (χ2n) is 9.63. The van der Waals surface area contributed by atoms with Crippen molar-refractivity contribution in [1.29, 1.82) is 0 Å². The first-order valence-electron chi connectivity index (χ1n) is 12.0. The van der Waals surface area contributed by atoms with Crippen LogP contribution < -0.4 is 5.32 Å². The first kappa shape index (κ1) is 21.4. The van der Waals surface area contributed by atoms with Crippen LogP contribution in [0.4, 0.5) is 0 Å². The summed E-state index contributed by atoms with van der Waals surface area (Å²) >= 11 is 0. The summed E-state index contributed by atoms with van der Waals surface area (Å²) in [5.41, 5.74) is 0.931. The molecular formula is C25H37N3O2. The Morgan fingerprint density at radius 2 is 1.67 bits per heavy atom. The predicted octanol–water partition coefficient (Wildman–Crippen LogP) is 3.77. The van der Waals surface area contributed by atoms with Crippen LogP contribution in [0, 0.1) is 0 Å². The second-order valence-corrected chi connectivity index (χ2v) is 9.63. The summed E-state index contributed by atoms with van der Waals surface area (Å²) in [6.45, 7) is 5.64. The van der Waals surface area contributed by atoms with E-state index in [1.54, 1.807) is 0 Å². The van der Waals surface area contributed by atoms with Crippen LogP contribution in [0.15, 0.2) is 24.3 Å². The lowest BCUT2D eigenvalue weighted by Gasteiger charge is -2.45. The molecule has 164 valence electrons. The highest BCUT2D eigenvalue weighted by Gasteiger charge is 2.47. The third kappa shape index (κ3) is 4.56. The average Bonchev–Trinajstić information content (AvgIpc) is 3.03. The maximum atomic E-state index is 13.5. The summed E-state index contributed by atoms with van der Waals surface area (Å²) in [6.07, 6.45) is 11.4. The average molecular weight is 412 g/mol. The Balaban J connectivity index is 1.54. The van der Waals surface area contributed by atoms with Crippen molar-refractivity contribution in [2.75, 3.05) is 26.2 Å². The van der Waals surface area contributed by atoms with Crippen molar-refractivity contribution in [3.8, 4) is 0 Å². The maximum Gasteiger partial charge on any atom is 0.255 e. The number of fused-ring (bicyclic) bond motifs is 1. The molecule has 1 saturated carbocycles. The van der Waals surface area contributed by atoms with Gasteiger partial charge in [-0.1, -0.05) is 50.3 Å². The summed E-state index contributed by atoms with van der Waals surface area (Å²) in [7, 11) is 0. The molecule has 2 amide bonds. The van der Waals surface area contributed by atoms with E-state index in [1.807, 2.05) is 36.1 Å². The van der Waals surface area contributed by atoms with E-state index >= 15 is 0 Å². The zero-order chi connectivity index (χ0) is 21.0. The van der Waals surface area contributed by atoms with Gasteiger partial charge in [0.25, 0.3) is 5.91 Å². The number of likely N-dealkylation sites (tertiary alicyclic amines) is 1. The molecule has 0 bridgehead atoms. The fraction of sp³-hybridized carbons (Fsp3) is 0.680. The van der Waals surface area contributed by atoms with Gasteiger partial charge in [-0.15, -0.1) is 0 Å². The largest absolute Gasteiger partial charge is 0.351 e. The summed E-state index contributed by atoms with van der Waals surface area (Å²) < 4.78 is 0. The van der Waals surface area contributed by atoms with Crippen LogP contribution in [0.3, 0.4) is 0 Å². The molecule has 0 spiro atoms. The summed E-state index contributed by atoms with van der Waals surface area (Å²) in [6, 6.07) is 8.07. The standard InChI is InChI=1S/C25H37N3O2/c1-25(24(30)26-21-12-5-4-6-13-21)19-20-11-7-8-14-22(20)23(29)28(25)18-17-27-15-9-2-3-10-16-27/h7-8,11,14,21H,2-6,9-10,12-13,15-19H2,1H3,(H,26,30). The van der Waals surface area contributed by atoms with E-state index in [9.17, 15) is 9.59 Å². The second kappa shape index (κ2) is 9.51. The highest BCUT2D eigenvalue weighted by molar-refractivity contribution is 6.02. The third-order valence-electron chi connectivity index (χ3n) is 7.39. The van der Waals surface area contributed by atoms with Gasteiger partial charge in [0, 0.05) is 31.1 Å². The van der Waals surface area contributed by atoms with Crippen LogP contribution in [0.5, 0.6) is 0 Å². The van der Waals surface area contributed by atoms with Crippen molar-refractivity contribution in [2.45, 2.75) is 82.7 Å². The minimum absolute atomic E-state index is 0.00738. The fourth-order valence-electron chi connectivity index (χ4n) is 5.46. The van der Waals surface area contributed by atoms with Gasteiger partial charge in [0.05, 0.1) is 0 Å². The van der Waals surface area contributed by atoms with Gasteiger partial charge in [-0.3, -0.25) is 9.59 Å². The molecule has 1 saturated heterocycles. The summed E-state index contributed by atoms with van der Waals surface area (Å²) in [5.74, 6) is 0.0288. The Hall–Kier alpha value is -1.88. The van der Waals surface area contributed by atoms with Crippen molar-refractivity contribution >= 4 is 11.8 Å². The quantitative estimate of drug-likeness (QED) is 0.802. The number of hydrogen-bond acceptors (Lipinski definition) is 3. The number of nitrogens with one attached hydrogen (secondary N) is 1. The van der Waals surface area contributed by atoms with E-state index < -0.39 is 5.54 Å². The zero-order valence-corrected chi connectivity index (χ0v) is 18.5. The number of nitrogens with zero attached hydrogens (tertiary/aromatic N) is 2. The molecule has 5 nitrogen and oxygen atoms in total. The first-order valence-corrected chi connectivity index (χ1v) is 12.0. The molecule has 1 aromatic rings. The molecule has 2 fully saturated rings. The first-order chi connectivity index (χ1) is 14.6. The maximum absolute atomic E-state index is 13.5. The van der Waals surface area contributed by atoms with E-state index in [1.165, 1.54) is 44.9 Å². The fourth-order valence-corrected chi connectivity index (χ4v) is 5.46. The minimum atomic E-state index is -0.825. The highest BCUT2D eigenvalue weighted by atomic mass is 16.2. The smallest absolute Gasteiger partial charge is 0.255 e. The van der Waals surface area contributed by atoms with Crippen molar-refractivity contribution in [3.63, 3.8) is 0 Å². The molecule has 5 heteroatoms. The Bertz CT molecular complexity index is 751. The van der Waals surface area contributed by atoms with Crippen LogP contribution in [-0.4, -0.2) is 59.4 Å². The minimum Gasteiger partial charge on any atom is -0.351 e. The van der Waals surface area contributed by atoms with Gasteiger partial charge in [0.1, 0.15) is 5.54 Å². The van der Waals surface area contributed by atoms with E-state index in [4.69, 9.17) is 0 Å². The molecular weight excluding hydrogens is 374 g/mol. The van der Waals surface area contributed by atoms with E-state index in [2.05, 4.69) is 10.2 Å². The van der Waals surface area contributed by atoms with E-state index in [0.29, 0.717) is 13.0 Å². The molecule has 0 aromatic heterocycles. The number of hydrogen-bond donors (Lipinski definition) is 1. The molecule has 1 atom stereocenters. The topological polar surface area (TPSA) is 52.7 Å². The Morgan fingerprint density at radius 3 is 2.40 bits per heavy atom. The van der Waals surface area contributed by atoms with Crippen molar-refractivity contribution < 1.29 is 9.59 Å². The number of benzene rings is 1. The van der Waals surface area contributed by atoms with Crippen LogP contribution in [0.2, 0.25) is 0 Å². The Kier molecular flexibility index (Phi) is 6.77. The Morgan fingerprint density at radius 1 is 1.00 bits per heavy atom. The molecule has 1 aromatic carbocycles. The van der Waals surface area contributed by atoms with Gasteiger partial charge < -0.3 is 15.1 Å². The van der Waals surface area contributed by atoms with Gasteiger partial charge in [0.15, 0.2) is 0 Å². The number of rotatable bonds is 5. The molecule has 1 N–H and O–H groups in total. The van der Waals surface area contributed by atoms with E-state index in [0.717, 1.165) is 43.6 Å². The molecule has 2 heterocycles. The van der Waals surface area contributed by atoms with Gasteiger partial charge in [0.2, 0.25) is 5.91 Å². The normalized spacial score (nSPS) is 26.2. The number of carbonyl (C=O) groups excluding carboxylic acids is 2. The van der Waals surface area contributed by atoms with Gasteiger partial charge in [-0.25, -0.2) is 0 Å². The number of amides is 2. The van der Waals surface area contributed by atoms with Crippen LogP contribution in [0.1, 0.15) is 80.6 Å². The summed E-state index contributed by atoms with van der Waals surface area (Å²) in [5, 5.41) is 3.31. The third-order valence-corrected chi connectivity index (χ3v) is 7.39. The molecule has 0 radical (unpaired) electrons. The number of carbonyl (C=O) groups is 2. The molecule has 4 rings (SSSR count). The van der Waals surface area contributed by atoms with Gasteiger partial charge in [-0.2, -0.15) is 0 Å². The van der Waals surface area contributed by atoms with E-state index in [-0.39, 0.29) is 17.9 Å². The van der Waals surface area contributed by atoms with Crippen molar-refractivity contribution in [2.24, 2.45) is 0 Å². The van der Waals surface area contributed by atoms with Crippen molar-refractivity contribution in [1.82, 2.24) is 15.1 Å². The lowest BCUT2D eigenvalue weighted by molar-refractivity contribution is -0.132. The predicted molar refractivity (Wildman–Crippen MR) is 120 cm³/mol. The lowest BCUT2D eigenvalue weighted by Crippen LogP contribution is -2.64. The zero-order valence-electron chi connectivity index (χ0n) is 18.5. The molecule has 1 aliphatic carbocycles. The molecule has 30 heavy (non-hydrogen) atoms. The highest BCUT2D eigenvalue weighted by Crippen LogP contribution is 2.32. The van der Waals surface area contributed by atoms with Gasteiger partial charge in [-0.05, 0) is 57.3 Å². The van der Waals surface area contributed by atoms with Crippen LogP contribution in [0.25, 0.3) is 0 Å². The molecule has 3 aliphatic rings. The Labute approximate surface area is 181 Å². The van der Waals surface area contributed by atoms with Crippen LogP contribution in [-0.2, 0) is 11.2 Å². The monoisotopic (exact) mass is 411 g/mol. The van der Waals surface area contributed by atoms with Crippen molar-refractivity contribution in [3.05, 3.63) is 35.4 Å². The lowest BCUT2D eigenvalue weighted by atomic mass is 9.82. The SMILES string of the molecule is CC1(C(=O)NC2CCCCC2)Cc2ccccc2C(=O)N1CCN1CCCCCC1. The van der Waals surface area contributed by atoms with Crippen LogP contribution >= 0.6 is 0 Å². The van der Waals surface area contributed by atoms with Gasteiger partial charge >= 0.3 is 0 Å². The summed E-state index contributed by atoms with van der Waals surface area (Å²) in [4.78, 5) is 31.4.